The van der Waals surface area contributed by atoms with Gasteiger partial charge in [-0.05, 0) is 39.5 Å². The van der Waals surface area contributed by atoms with Crippen LogP contribution >= 0.6 is 27.3 Å². The van der Waals surface area contributed by atoms with Gasteiger partial charge < -0.3 is 5.32 Å². The Labute approximate surface area is 111 Å². The molecule has 0 fully saturated rings. The molecule has 0 saturated heterocycles. The summed E-state index contributed by atoms with van der Waals surface area (Å²) in [5, 5.41) is 4.99. The maximum Gasteiger partial charge on any atom is 0.130 e. The zero-order chi connectivity index (χ0) is 12.3. The lowest BCUT2D eigenvalue weighted by molar-refractivity contribution is 0.536. The molecule has 0 bridgehead atoms. The van der Waals surface area contributed by atoms with Crippen molar-refractivity contribution in [3.05, 3.63) is 56.2 Å². The predicted molar refractivity (Wildman–Crippen MR) is 68.9 cm³/mol. The summed E-state index contributed by atoms with van der Waals surface area (Å²) in [6.45, 7) is 0.773. The minimum absolute atomic E-state index is 0.0835. The topological polar surface area (TPSA) is 12.0 Å². The number of hydrogen-bond donors (Lipinski definition) is 1. The van der Waals surface area contributed by atoms with Crippen LogP contribution in [0.2, 0.25) is 0 Å². The number of thiophene rings is 1. The number of halogens is 3. The van der Waals surface area contributed by atoms with Crippen LogP contribution in [-0.4, -0.2) is 0 Å². The lowest BCUT2D eigenvalue weighted by Crippen LogP contribution is -2.14. The second-order valence-electron chi connectivity index (χ2n) is 3.50. The smallest absolute Gasteiger partial charge is 0.130 e. The summed E-state index contributed by atoms with van der Waals surface area (Å²) in [6, 6.07) is 5.84. The molecule has 0 unspecified atom stereocenters. The highest BCUT2D eigenvalue weighted by molar-refractivity contribution is 9.10. The first kappa shape index (κ1) is 12.7. The highest BCUT2D eigenvalue weighted by Gasteiger charge is 2.08. The van der Waals surface area contributed by atoms with E-state index in [9.17, 15) is 8.78 Å². The molecule has 0 radical (unpaired) electrons. The van der Waals surface area contributed by atoms with E-state index in [1.165, 1.54) is 18.2 Å². The molecule has 0 saturated carbocycles. The van der Waals surface area contributed by atoms with E-state index in [4.69, 9.17) is 0 Å². The SMILES string of the molecule is Fc1cccc(F)c1CNCc1sccc1Br. The van der Waals surface area contributed by atoms with Crippen LogP contribution in [-0.2, 0) is 13.1 Å². The summed E-state index contributed by atoms with van der Waals surface area (Å²) in [4.78, 5) is 1.11. The van der Waals surface area contributed by atoms with Gasteiger partial charge >= 0.3 is 0 Å². The van der Waals surface area contributed by atoms with Crippen molar-refractivity contribution in [2.45, 2.75) is 13.1 Å². The van der Waals surface area contributed by atoms with Crippen molar-refractivity contribution < 1.29 is 8.78 Å². The van der Waals surface area contributed by atoms with E-state index in [1.807, 2.05) is 11.4 Å². The van der Waals surface area contributed by atoms with Gasteiger partial charge in [0.1, 0.15) is 11.6 Å². The standard InChI is InChI=1S/C12H10BrF2NS/c13-9-4-5-17-12(9)7-16-6-8-10(14)2-1-3-11(8)15/h1-5,16H,6-7H2. The molecular weight excluding hydrogens is 308 g/mol. The lowest BCUT2D eigenvalue weighted by Gasteiger charge is -2.06. The fraction of sp³-hybridized carbons (Fsp3) is 0.167. The summed E-state index contributed by atoms with van der Waals surface area (Å²) < 4.78 is 27.6. The first-order valence-electron chi connectivity index (χ1n) is 5.04. The molecular formula is C12H10BrF2NS. The normalized spacial score (nSPS) is 10.8. The van der Waals surface area contributed by atoms with Crippen LogP contribution in [0.5, 0.6) is 0 Å². The molecule has 5 heteroatoms. The third-order valence-electron chi connectivity index (χ3n) is 2.34. The molecule has 1 aromatic carbocycles. The molecule has 0 aliphatic carbocycles. The van der Waals surface area contributed by atoms with Gasteiger partial charge in [0.25, 0.3) is 0 Å². The van der Waals surface area contributed by atoms with Gasteiger partial charge in [0.05, 0.1) is 0 Å². The van der Waals surface area contributed by atoms with E-state index in [1.54, 1.807) is 11.3 Å². The quantitative estimate of drug-likeness (QED) is 0.896. The minimum Gasteiger partial charge on any atom is -0.308 e. The van der Waals surface area contributed by atoms with E-state index >= 15 is 0 Å². The Kier molecular flexibility index (Phi) is 4.25. The Hall–Kier alpha value is -0.780. The first-order chi connectivity index (χ1) is 8.18. The van der Waals surface area contributed by atoms with Crippen molar-refractivity contribution in [1.29, 1.82) is 0 Å². The van der Waals surface area contributed by atoms with E-state index in [0.29, 0.717) is 6.54 Å². The Morgan fingerprint density at radius 2 is 1.82 bits per heavy atom. The average molecular weight is 318 g/mol. The molecule has 1 aromatic heterocycles. The van der Waals surface area contributed by atoms with Crippen LogP contribution < -0.4 is 5.32 Å². The maximum absolute atomic E-state index is 13.3. The summed E-state index contributed by atoms with van der Waals surface area (Å²) in [5.74, 6) is -1.02. The van der Waals surface area contributed by atoms with E-state index < -0.39 is 11.6 Å². The zero-order valence-electron chi connectivity index (χ0n) is 8.84. The van der Waals surface area contributed by atoms with Gasteiger partial charge in [-0.3, -0.25) is 0 Å². The van der Waals surface area contributed by atoms with Crippen LogP contribution in [0.3, 0.4) is 0 Å². The fourth-order valence-electron chi connectivity index (χ4n) is 1.45. The van der Waals surface area contributed by atoms with Crippen molar-refractivity contribution in [2.24, 2.45) is 0 Å². The Morgan fingerprint density at radius 1 is 1.12 bits per heavy atom. The lowest BCUT2D eigenvalue weighted by atomic mass is 10.2. The van der Waals surface area contributed by atoms with Crippen LogP contribution in [0.4, 0.5) is 8.78 Å². The van der Waals surface area contributed by atoms with Crippen LogP contribution in [0, 0.1) is 11.6 Å². The third kappa shape index (κ3) is 3.12. The van der Waals surface area contributed by atoms with E-state index in [-0.39, 0.29) is 12.1 Å². The molecule has 17 heavy (non-hydrogen) atoms. The van der Waals surface area contributed by atoms with Crippen LogP contribution in [0.25, 0.3) is 0 Å². The molecule has 0 aliphatic heterocycles. The van der Waals surface area contributed by atoms with Crippen molar-refractivity contribution in [1.82, 2.24) is 5.32 Å². The van der Waals surface area contributed by atoms with E-state index in [0.717, 1.165) is 9.35 Å². The highest BCUT2D eigenvalue weighted by atomic mass is 79.9. The van der Waals surface area contributed by atoms with Crippen molar-refractivity contribution in [3.8, 4) is 0 Å². The molecule has 2 rings (SSSR count). The monoisotopic (exact) mass is 317 g/mol. The van der Waals surface area contributed by atoms with E-state index in [2.05, 4.69) is 21.2 Å². The fourth-order valence-corrected chi connectivity index (χ4v) is 2.92. The van der Waals surface area contributed by atoms with Crippen molar-refractivity contribution >= 4 is 27.3 Å². The second kappa shape index (κ2) is 5.71. The molecule has 0 amide bonds. The van der Waals surface area contributed by atoms with Gasteiger partial charge in [0.15, 0.2) is 0 Å². The number of nitrogens with one attached hydrogen (secondary N) is 1. The molecule has 90 valence electrons. The van der Waals surface area contributed by atoms with Gasteiger partial charge in [0, 0.05) is 28.0 Å². The summed E-state index contributed by atoms with van der Waals surface area (Å²) in [5.41, 5.74) is 0.0835. The van der Waals surface area contributed by atoms with Gasteiger partial charge in [-0.25, -0.2) is 8.78 Å². The number of rotatable bonds is 4. The molecule has 1 N–H and O–H groups in total. The molecule has 0 spiro atoms. The largest absolute Gasteiger partial charge is 0.308 e. The van der Waals surface area contributed by atoms with Crippen LogP contribution in [0.1, 0.15) is 10.4 Å². The predicted octanol–water partition coefficient (Wildman–Crippen LogP) is 4.08. The summed E-state index contributed by atoms with van der Waals surface area (Å²) in [6.07, 6.45) is 0. The minimum atomic E-state index is -0.511. The highest BCUT2D eigenvalue weighted by Crippen LogP contribution is 2.22. The molecule has 0 aliphatic rings. The van der Waals surface area contributed by atoms with Gasteiger partial charge in [-0.1, -0.05) is 6.07 Å². The van der Waals surface area contributed by atoms with Gasteiger partial charge in [0.2, 0.25) is 0 Å². The average Bonchev–Trinajstić information content (AvgIpc) is 2.69. The second-order valence-corrected chi connectivity index (χ2v) is 5.35. The van der Waals surface area contributed by atoms with Crippen molar-refractivity contribution in [2.75, 3.05) is 0 Å². The summed E-state index contributed by atoms with van der Waals surface area (Å²) >= 11 is 5.00. The number of benzene rings is 1. The maximum atomic E-state index is 13.3. The Morgan fingerprint density at radius 3 is 2.41 bits per heavy atom. The molecule has 1 nitrogen and oxygen atoms in total. The first-order valence-corrected chi connectivity index (χ1v) is 6.71. The summed E-state index contributed by atoms with van der Waals surface area (Å²) in [7, 11) is 0. The molecule has 0 atom stereocenters. The Bertz CT molecular complexity index is 493. The van der Waals surface area contributed by atoms with Gasteiger partial charge in [-0.2, -0.15) is 0 Å². The molecule has 2 aromatic rings. The number of hydrogen-bond acceptors (Lipinski definition) is 2. The zero-order valence-corrected chi connectivity index (χ0v) is 11.2. The Balaban J connectivity index is 1.97. The van der Waals surface area contributed by atoms with Crippen LogP contribution in [0.15, 0.2) is 34.1 Å². The molecule has 1 heterocycles. The van der Waals surface area contributed by atoms with Crippen molar-refractivity contribution in [3.63, 3.8) is 0 Å². The van der Waals surface area contributed by atoms with Gasteiger partial charge in [-0.15, -0.1) is 11.3 Å². The third-order valence-corrected chi connectivity index (χ3v) is 4.27.